The predicted octanol–water partition coefficient (Wildman–Crippen LogP) is 3.37. The van der Waals surface area contributed by atoms with E-state index in [-0.39, 0.29) is 0 Å². The molecule has 0 unspecified atom stereocenters. The van der Waals surface area contributed by atoms with E-state index in [2.05, 4.69) is 17.1 Å². The molecular formula is C17H16N2O. The Hall–Kier alpha value is -2.39. The van der Waals surface area contributed by atoms with E-state index in [1.54, 1.807) is 7.11 Å². The van der Waals surface area contributed by atoms with E-state index in [0.29, 0.717) is 6.54 Å². The summed E-state index contributed by atoms with van der Waals surface area (Å²) < 4.78 is 5.41. The molecule has 0 aliphatic carbocycles. The van der Waals surface area contributed by atoms with Gasteiger partial charge < -0.3 is 10.5 Å². The lowest BCUT2D eigenvalue weighted by Gasteiger charge is -2.09. The molecule has 2 aromatic carbocycles. The first-order valence-corrected chi connectivity index (χ1v) is 6.54. The number of nitrogens with two attached hydrogens (primary N) is 1. The maximum atomic E-state index is 5.70. The summed E-state index contributed by atoms with van der Waals surface area (Å²) in [6.07, 6.45) is 1.88. The lowest BCUT2D eigenvalue weighted by molar-refractivity contribution is 0.416. The number of methoxy groups -OCH3 is 1. The number of ether oxygens (including phenoxy) is 1. The third-order valence-electron chi connectivity index (χ3n) is 3.40. The van der Waals surface area contributed by atoms with Crippen LogP contribution in [0.25, 0.3) is 22.0 Å². The van der Waals surface area contributed by atoms with E-state index in [0.717, 1.165) is 33.3 Å². The average Bonchev–Trinajstić information content (AvgIpc) is 2.53. The van der Waals surface area contributed by atoms with Crippen LogP contribution >= 0.6 is 0 Å². The van der Waals surface area contributed by atoms with Gasteiger partial charge in [0, 0.05) is 29.3 Å². The molecule has 0 amide bonds. The lowest BCUT2D eigenvalue weighted by Crippen LogP contribution is -1.96. The van der Waals surface area contributed by atoms with E-state index >= 15 is 0 Å². The summed E-state index contributed by atoms with van der Waals surface area (Å²) in [6, 6.07) is 16.2. The Morgan fingerprint density at radius 1 is 1.10 bits per heavy atom. The van der Waals surface area contributed by atoms with Crippen LogP contribution in [-0.2, 0) is 6.54 Å². The van der Waals surface area contributed by atoms with Crippen molar-refractivity contribution in [3.63, 3.8) is 0 Å². The van der Waals surface area contributed by atoms with Gasteiger partial charge in [-0.1, -0.05) is 24.3 Å². The first-order chi connectivity index (χ1) is 9.81. The molecule has 3 aromatic rings. The van der Waals surface area contributed by atoms with Gasteiger partial charge in [-0.25, -0.2) is 0 Å². The lowest BCUT2D eigenvalue weighted by atomic mass is 10.0. The molecule has 0 bridgehead atoms. The average molecular weight is 264 g/mol. The minimum absolute atomic E-state index is 0.537. The van der Waals surface area contributed by atoms with Gasteiger partial charge in [-0.05, 0) is 29.8 Å². The summed E-state index contributed by atoms with van der Waals surface area (Å²) in [5.41, 5.74) is 9.87. The second-order valence-corrected chi connectivity index (χ2v) is 4.66. The summed E-state index contributed by atoms with van der Waals surface area (Å²) in [6.45, 7) is 0.537. The molecule has 0 fully saturated rings. The van der Waals surface area contributed by atoms with Crippen molar-refractivity contribution in [1.82, 2.24) is 4.98 Å². The Balaban J connectivity index is 2.16. The molecule has 1 aromatic heterocycles. The standard InChI is InChI=1S/C17H16N2O/c1-20-17-5-3-2-4-15(17)14-9-13-8-12(10-18)6-7-16(13)19-11-14/h2-9,11H,10,18H2,1H3. The molecule has 3 nitrogen and oxygen atoms in total. The molecule has 0 spiro atoms. The number of aromatic nitrogens is 1. The van der Waals surface area contributed by atoms with Gasteiger partial charge in [0.15, 0.2) is 0 Å². The van der Waals surface area contributed by atoms with Gasteiger partial charge in [-0.3, -0.25) is 4.98 Å². The third kappa shape index (κ3) is 2.24. The third-order valence-corrected chi connectivity index (χ3v) is 3.40. The van der Waals surface area contributed by atoms with E-state index in [1.807, 2.05) is 42.6 Å². The van der Waals surface area contributed by atoms with Gasteiger partial charge in [-0.15, -0.1) is 0 Å². The normalized spacial score (nSPS) is 10.7. The SMILES string of the molecule is COc1ccccc1-c1cnc2ccc(CN)cc2c1. The first kappa shape index (κ1) is 12.6. The Bertz CT molecular complexity index is 753. The molecule has 0 radical (unpaired) electrons. The number of rotatable bonds is 3. The number of nitrogens with zero attached hydrogens (tertiary/aromatic N) is 1. The Morgan fingerprint density at radius 3 is 2.75 bits per heavy atom. The van der Waals surface area contributed by atoms with Gasteiger partial charge in [0.1, 0.15) is 5.75 Å². The molecule has 0 aliphatic rings. The predicted molar refractivity (Wildman–Crippen MR) is 81.6 cm³/mol. The number of para-hydroxylation sites is 1. The molecule has 2 N–H and O–H groups in total. The van der Waals surface area contributed by atoms with Gasteiger partial charge >= 0.3 is 0 Å². The number of hydrogen-bond donors (Lipinski definition) is 1. The number of benzene rings is 2. The summed E-state index contributed by atoms with van der Waals surface area (Å²) in [7, 11) is 1.68. The molecule has 0 aliphatic heterocycles. The second-order valence-electron chi connectivity index (χ2n) is 4.66. The van der Waals surface area contributed by atoms with Crippen molar-refractivity contribution >= 4 is 10.9 Å². The summed E-state index contributed by atoms with van der Waals surface area (Å²) in [4.78, 5) is 4.51. The number of fused-ring (bicyclic) bond motifs is 1. The highest BCUT2D eigenvalue weighted by Gasteiger charge is 2.06. The van der Waals surface area contributed by atoms with Crippen LogP contribution in [0.2, 0.25) is 0 Å². The molecule has 100 valence electrons. The summed E-state index contributed by atoms with van der Waals surface area (Å²) in [5, 5.41) is 1.09. The maximum Gasteiger partial charge on any atom is 0.126 e. The van der Waals surface area contributed by atoms with Crippen LogP contribution in [0.5, 0.6) is 5.75 Å². The zero-order valence-electron chi connectivity index (χ0n) is 11.3. The minimum Gasteiger partial charge on any atom is -0.496 e. The zero-order chi connectivity index (χ0) is 13.9. The van der Waals surface area contributed by atoms with Crippen LogP contribution in [-0.4, -0.2) is 12.1 Å². The number of pyridine rings is 1. The largest absolute Gasteiger partial charge is 0.496 e. The van der Waals surface area contributed by atoms with Crippen molar-refractivity contribution < 1.29 is 4.74 Å². The number of hydrogen-bond acceptors (Lipinski definition) is 3. The summed E-state index contributed by atoms with van der Waals surface area (Å²) in [5.74, 6) is 0.851. The van der Waals surface area contributed by atoms with Crippen molar-refractivity contribution in [1.29, 1.82) is 0 Å². The molecule has 1 heterocycles. The van der Waals surface area contributed by atoms with Crippen LogP contribution in [0.1, 0.15) is 5.56 Å². The molecular weight excluding hydrogens is 248 g/mol. The Labute approximate surface area is 118 Å². The van der Waals surface area contributed by atoms with E-state index < -0.39 is 0 Å². The fraction of sp³-hybridized carbons (Fsp3) is 0.118. The van der Waals surface area contributed by atoms with E-state index in [4.69, 9.17) is 10.5 Å². The zero-order valence-corrected chi connectivity index (χ0v) is 11.3. The minimum atomic E-state index is 0.537. The van der Waals surface area contributed by atoms with Crippen LogP contribution in [0, 0.1) is 0 Å². The fourth-order valence-corrected chi connectivity index (χ4v) is 2.34. The molecule has 0 atom stereocenters. The first-order valence-electron chi connectivity index (χ1n) is 6.54. The van der Waals surface area contributed by atoms with Crippen molar-refractivity contribution in [3.05, 3.63) is 60.3 Å². The van der Waals surface area contributed by atoms with Gasteiger partial charge in [-0.2, -0.15) is 0 Å². The van der Waals surface area contributed by atoms with Gasteiger partial charge in [0.2, 0.25) is 0 Å². The van der Waals surface area contributed by atoms with Crippen molar-refractivity contribution in [2.45, 2.75) is 6.54 Å². The highest BCUT2D eigenvalue weighted by Crippen LogP contribution is 2.30. The summed E-state index contributed by atoms with van der Waals surface area (Å²) >= 11 is 0. The van der Waals surface area contributed by atoms with Gasteiger partial charge in [0.25, 0.3) is 0 Å². The van der Waals surface area contributed by atoms with Crippen molar-refractivity contribution in [2.75, 3.05) is 7.11 Å². The highest BCUT2D eigenvalue weighted by atomic mass is 16.5. The van der Waals surface area contributed by atoms with Crippen LogP contribution < -0.4 is 10.5 Å². The molecule has 0 saturated carbocycles. The topological polar surface area (TPSA) is 48.1 Å². The monoisotopic (exact) mass is 264 g/mol. The second kappa shape index (κ2) is 5.31. The molecule has 3 rings (SSSR count). The maximum absolute atomic E-state index is 5.70. The molecule has 0 saturated heterocycles. The Morgan fingerprint density at radius 2 is 1.95 bits per heavy atom. The smallest absolute Gasteiger partial charge is 0.126 e. The van der Waals surface area contributed by atoms with E-state index in [1.165, 1.54) is 0 Å². The van der Waals surface area contributed by atoms with Gasteiger partial charge in [0.05, 0.1) is 12.6 Å². The fourth-order valence-electron chi connectivity index (χ4n) is 2.34. The Kier molecular flexibility index (Phi) is 3.35. The van der Waals surface area contributed by atoms with Crippen LogP contribution in [0.3, 0.4) is 0 Å². The van der Waals surface area contributed by atoms with Crippen LogP contribution in [0.4, 0.5) is 0 Å². The highest BCUT2D eigenvalue weighted by molar-refractivity contribution is 5.85. The van der Waals surface area contributed by atoms with Crippen molar-refractivity contribution in [2.24, 2.45) is 5.73 Å². The van der Waals surface area contributed by atoms with Crippen LogP contribution in [0.15, 0.2) is 54.7 Å². The van der Waals surface area contributed by atoms with E-state index in [9.17, 15) is 0 Å². The molecule has 20 heavy (non-hydrogen) atoms. The quantitative estimate of drug-likeness (QED) is 0.789. The van der Waals surface area contributed by atoms with Crippen molar-refractivity contribution in [3.8, 4) is 16.9 Å². The molecule has 3 heteroatoms.